The second-order valence-corrected chi connectivity index (χ2v) is 4.24. The lowest BCUT2D eigenvalue weighted by atomic mass is 10.3. The van der Waals surface area contributed by atoms with E-state index < -0.39 is 6.10 Å². The second kappa shape index (κ2) is 3.94. The van der Waals surface area contributed by atoms with Gasteiger partial charge >= 0.3 is 0 Å². The summed E-state index contributed by atoms with van der Waals surface area (Å²) in [4.78, 5) is 5.11. The van der Waals surface area contributed by atoms with E-state index in [1.165, 1.54) is 11.3 Å². The van der Waals surface area contributed by atoms with Crippen molar-refractivity contribution >= 4 is 11.3 Å². The molecule has 3 nitrogen and oxygen atoms in total. The Kier molecular flexibility index (Phi) is 2.65. The van der Waals surface area contributed by atoms with E-state index in [0.717, 1.165) is 15.6 Å². The molecule has 2 aromatic rings. The van der Waals surface area contributed by atoms with Gasteiger partial charge in [-0.15, -0.1) is 11.3 Å². The maximum atomic E-state index is 9.31. The first-order valence-corrected chi connectivity index (χ1v) is 5.22. The van der Waals surface area contributed by atoms with E-state index in [1.807, 2.05) is 12.1 Å². The van der Waals surface area contributed by atoms with Crippen LogP contribution in [0.3, 0.4) is 0 Å². The Hall–Kier alpha value is -1.13. The molecule has 1 unspecified atom stereocenters. The number of aliphatic hydroxyl groups excluding tert-OH is 1. The summed E-state index contributed by atoms with van der Waals surface area (Å²) in [5.41, 5.74) is 0. The van der Waals surface area contributed by atoms with Gasteiger partial charge in [-0.25, -0.2) is 4.98 Å². The van der Waals surface area contributed by atoms with Gasteiger partial charge < -0.3 is 9.52 Å². The number of nitrogens with zero attached hydrogens (tertiary/aromatic N) is 1. The van der Waals surface area contributed by atoms with E-state index in [4.69, 9.17) is 4.42 Å². The zero-order valence-corrected chi connectivity index (χ0v) is 8.62. The monoisotopic (exact) mass is 209 g/mol. The fourth-order valence-corrected chi connectivity index (χ4v) is 2.03. The van der Waals surface area contributed by atoms with Gasteiger partial charge in [0.25, 0.3) is 0 Å². The van der Waals surface area contributed by atoms with Crippen molar-refractivity contribution in [1.82, 2.24) is 4.98 Å². The van der Waals surface area contributed by atoms with Crippen molar-refractivity contribution in [2.45, 2.75) is 19.4 Å². The predicted octanol–water partition coefficient (Wildman–Crippen LogP) is 2.38. The van der Waals surface area contributed by atoms with Crippen LogP contribution in [0.4, 0.5) is 0 Å². The van der Waals surface area contributed by atoms with Gasteiger partial charge in [0.1, 0.15) is 10.8 Å². The SMILES string of the molecule is CC(O)c1cnc(Cc2ccco2)s1. The van der Waals surface area contributed by atoms with Crippen LogP contribution in [-0.4, -0.2) is 10.1 Å². The summed E-state index contributed by atoms with van der Waals surface area (Å²) in [6.07, 6.45) is 3.63. The first kappa shape index (κ1) is 9.43. The third-order valence-corrected chi connectivity index (χ3v) is 3.06. The molecule has 4 heteroatoms. The van der Waals surface area contributed by atoms with Crippen molar-refractivity contribution in [2.24, 2.45) is 0 Å². The molecule has 2 heterocycles. The average Bonchev–Trinajstić information content (AvgIpc) is 2.75. The first-order valence-electron chi connectivity index (χ1n) is 4.41. The zero-order valence-electron chi connectivity index (χ0n) is 7.80. The zero-order chi connectivity index (χ0) is 9.97. The van der Waals surface area contributed by atoms with Gasteiger partial charge in [-0.2, -0.15) is 0 Å². The quantitative estimate of drug-likeness (QED) is 0.844. The van der Waals surface area contributed by atoms with Gasteiger partial charge in [-0.05, 0) is 19.1 Å². The van der Waals surface area contributed by atoms with Gasteiger partial charge in [-0.1, -0.05) is 0 Å². The molecule has 0 fully saturated rings. The molecule has 1 N–H and O–H groups in total. The molecule has 0 aliphatic carbocycles. The van der Waals surface area contributed by atoms with Crippen LogP contribution < -0.4 is 0 Å². The minimum absolute atomic E-state index is 0.433. The smallest absolute Gasteiger partial charge is 0.110 e. The summed E-state index contributed by atoms with van der Waals surface area (Å²) < 4.78 is 5.21. The molecule has 0 saturated carbocycles. The van der Waals surface area contributed by atoms with E-state index >= 15 is 0 Å². The second-order valence-electron chi connectivity index (χ2n) is 3.09. The highest BCUT2D eigenvalue weighted by molar-refractivity contribution is 7.11. The van der Waals surface area contributed by atoms with Crippen LogP contribution in [0.15, 0.2) is 29.0 Å². The Morgan fingerprint density at radius 3 is 3.07 bits per heavy atom. The van der Waals surface area contributed by atoms with Crippen molar-refractivity contribution in [3.8, 4) is 0 Å². The van der Waals surface area contributed by atoms with Crippen LogP contribution in [0, 0.1) is 0 Å². The third kappa shape index (κ3) is 2.02. The number of aliphatic hydroxyl groups is 1. The number of hydrogen-bond donors (Lipinski definition) is 1. The summed E-state index contributed by atoms with van der Waals surface area (Å²) >= 11 is 1.52. The summed E-state index contributed by atoms with van der Waals surface area (Å²) in [5.74, 6) is 0.900. The molecular weight excluding hydrogens is 198 g/mol. The van der Waals surface area contributed by atoms with Crippen LogP contribution in [0.1, 0.15) is 28.7 Å². The summed E-state index contributed by atoms with van der Waals surface area (Å²) in [7, 11) is 0. The molecule has 74 valence electrons. The standard InChI is InChI=1S/C10H11NO2S/c1-7(12)9-6-11-10(14-9)5-8-3-2-4-13-8/h2-4,6-7,12H,5H2,1H3. The Morgan fingerprint density at radius 2 is 2.50 bits per heavy atom. The van der Waals surface area contributed by atoms with Gasteiger partial charge in [0.2, 0.25) is 0 Å². The van der Waals surface area contributed by atoms with Gasteiger partial charge in [0.15, 0.2) is 0 Å². The summed E-state index contributed by atoms with van der Waals surface area (Å²) in [5, 5.41) is 10.3. The van der Waals surface area contributed by atoms with Crippen molar-refractivity contribution < 1.29 is 9.52 Å². The van der Waals surface area contributed by atoms with E-state index in [1.54, 1.807) is 19.4 Å². The summed E-state index contributed by atoms with van der Waals surface area (Å²) in [6.45, 7) is 1.74. The predicted molar refractivity (Wildman–Crippen MR) is 54.3 cm³/mol. The molecule has 0 spiro atoms. The maximum absolute atomic E-state index is 9.31. The Balaban J connectivity index is 2.11. The number of rotatable bonds is 3. The molecule has 0 amide bonds. The molecule has 0 radical (unpaired) electrons. The lowest BCUT2D eigenvalue weighted by Gasteiger charge is -1.95. The van der Waals surface area contributed by atoms with E-state index in [2.05, 4.69) is 4.98 Å². The molecule has 0 saturated heterocycles. The molecular formula is C10H11NO2S. The molecule has 0 bridgehead atoms. The highest BCUT2D eigenvalue weighted by atomic mass is 32.1. The van der Waals surface area contributed by atoms with Gasteiger partial charge in [0, 0.05) is 6.20 Å². The van der Waals surface area contributed by atoms with Gasteiger partial charge in [-0.3, -0.25) is 0 Å². The molecule has 1 atom stereocenters. The largest absolute Gasteiger partial charge is 0.469 e. The van der Waals surface area contributed by atoms with Crippen LogP contribution >= 0.6 is 11.3 Å². The minimum atomic E-state index is -0.433. The summed E-state index contributed by atoms with van der Waals surface area (Å²) in [6, 6.07) is 3.78. The molecule has 2 aromatic heterocycles. The van der Waals surface area contributed by atoms with Crippen molar-refractivity contribution in [3.63, 3.8) is 0 Å². The Morgan fingerprint density at radius 1 is 1.64 bits per heavy atom. The third-order valence-electron chi connectivity index (χ3n) is 1.89. The molecule has 0 aliphatic rings. The van der Waals surface area contributed by atoms with Crippen LogP contribution in [0.2, 0.25) is 0 Å². The van der Waals surface area contributed by atoms with Gasteiger partial charge in [0.05, 0.1) is 23.7 Å². The molecule has 14 heavy (non-hydrogen) atoms. The van der Waals surface area contributed by atoms with Crippen LogP contribution in [-0.2, 0) is 6.42 Å². The van der Waals surface area contributed by atoms with Crippen LogP contribution in [0.5, 0.6) is 0 Å². The van der Waals surface area contributed by atoms with Crippen molar-refractivity contribution in [2.75, 3.05) is 0 Å². The van der Waals surface area contributed by atoms with Crippen molar-refractivity contribution in [1.29, 1.82) is 0 Å². The normalized spacial score (nSPS) is 13.0. The number of furan rings is 1. The molecule has 0 aromatic carbocycles. The first-order chi connectivity index (χ1) is 6.75. The number of aromatic nitrogens is 1. The highest BCUT2D eigenvalue weighted by Crippen LogP contribution is 2.22. The Bertz CT molecular complexity index is 392. The average molecular weight is 209 g/mol. The lowest BCUT2D eigenvalue weighted by Crippen LogP contribution is -1.83. The minimum Gasteiger partial charge on any atom is -0.469 e. The van der Waals surface area contributed by atoms with E-state index in [-0.39, 0.29) is 0 Å². The van der Waals surface area contributed by atoms with Crippen molar-refractivity contribution in [3.05, 3.63) is 40.2 Å². The maximum Gasteiger partial charge on any atom is 0.110 e. The van der Waals surface area contributed by atoms with E-state index in [9.17, 15) is 5.11 Å². The number of hydrogen-bond acceptors (Lipinski definition) is 4. The fraction of sp³-hybridized carbons (Fsp3) is 0.300. The lowest BCUT2D eigenvalue weighted by molar-refractivity contribution is 0.203. The van der Waals surface area contributed by atoms with Crippen LogP contribution in [0.25, 0.3) is 0 Å². The van der Waals surface area contributed by atoms with E-state index in [0.29, 0.717) is 6.42 Å². The fourth-order valence-electron chi connectivity index (χ4n) is 1.16. The molecule has 2 rings (SSSR count). The molecule has 0 aliphatic heterocycles. The topological polar surface area (TPSA) is 46.3 Å². The Labute approximate surface area is 86.0 Å². The highest BCUT2D eigenvalue weighted by Gasteiger charge is 2.07. The number of thiazole rings is 1.